The molecule has 146 valence electrons. The molecule has 4 nitrogen and oxygen atoms in total. The summed E-state index contributed by atoms with van der Waals surface area (Å²) in [6.45, 7) is 2.09. The number of hydrogen-bond donors (Lipinski definition) is 1. The van der Waals surface area contributed by atoms with Crippen molar-refractivity contribution >= 4 is 11.8 Å². The molecule has 2 atom stereocenters. The maximum absolute atomic E-state index is 13.7. The van der Waals surface area contributed by atoms with Gasteiger partial charge < -0.3 is 10.6 Å². The average Bonchev–Trinajstić information content (AvgIpc) is 3.17. The highest BCUT2D eigenvalue weighted by Crippen LogP contribution is 2.42. The van der Waals surface area contributed by atoms with Crippen LogP contribution in [0.2, 0.25) is 0 Å². The van der Waals surface area contributed by atoms with Crippen LogP contribution in [0, 0.1) is 6.92 Å². The Kier molecular flexibility index (Phi) is 5.17. The quantitative estimate of drug-likeness (QED) is 0.711. The van der Waals surface area contributed by atoms with Gasteiger partial charge in [-0.1, -0.05) is 66.7 Å². The lowest BCUT2D eigenvalue weighted by Gasteiger charge is -2.36. The molecule has 0 aromatic heterocycles. The van der Waals surface area contributed by atoms with Gasteiger partial charge in [-0.05, 0) is 54.2 Å². The Morgan fingerprint density at radius 3 is 2.24 bits per heavy atom. The van der Waals surface area contributed by atoms with E-state index < -0.39 is 11.9 Å². The molecule has 0 spiro atoms. The van der Waals surface area contributed by atoms with Crippen molar-refractivity contribution in [2.75, 3.05) is 0 Å². The van der Waals surface area contributed by atoms with Gasteiger partial charge >= 0.3 is 0 Å². The van der Waals surface area contributed by atoms with Gasteiger partial charge in [0, 0.05) is 5.56 Å². The summed E-state index contributed by atoms with van der Waals surface area (Å²) in [5.41, 5.74) is 10.7. The first-order chi connectivity index (χ1) is 14.1. The fourth-order valence-electron chi connectivity index (χ4n) is 4.37. The smallest absolute Gasteiger partial charge is 0.255 e. The van der Waals surface area contributed by atoms with Crippen molar-refractivity contribution < 1.29 is 9.59 Å². The lowest BCUT2D eigenvalue weighted by atomic mass is 9.97. The van der Waals surface area contributed by atoms with Gasteiger partial charge in [0.25, 0.3) is 5.91 Å². The Balaban J connectivity index is 1.86. The zero-order valence-electron chi connectivity index (χ0n) is 16.4. The first-order valence-corrected chi connectivity index (χ1v) is 9.88. The third-order valence-electron chi connectivity index (χ3n) is 5.73. The van der Waals surface area contributed by atoms with Crippen molar-refractivity contribution in [3.63, 3.8) is 0 Å². The van der Waals surface area contributed by atoms with Crippen molar-refractivity contribution in [3.8, 4) is 0 Å². The van der Waals surface area contributed by atoms with Crippen LogP contribution in [-0.2, 0) is 11.2 Å². The largest absolute Gasteiger partial charge is 0.368 e. The third-order valence-corrected chi connectivity index (χ3v) is 5.73. The molecule has 1 unspecified atom stereocenters. The molecule has 0 radical (unpaired) electrons. The van der Waals surface area contributed by atoms with Gasteiger partial charge in [-0.25, -0.2) is 0 Å². The fraction of sp³-hybridized carbons (Fsp3) is 0.200. The highest BCUT2D eigenvalue weighted by molar-refractivity contribution is 5.98. The first kappa shape index (κ1) is 18.9. The summed E-state index contributed by atoms with van der Waals surface area (Å²) >= 11 is 0. The summed E-state index contributed by atoms with van der Waals surface area (Å²) in [5, 5.41) is 0. The van der Waals surface area contributed by atoms with Gasteiger partial charge in [-0.15, -0.1) is 0 Å². The maximum atomic E-state index is 13.7. The average molecular weight is 384 g/mol. The van der Waals surface area contributed by atoms with E-state index in [2.05, 4.69) is 19.1 Å². The minimum atomic E-state index is -0.833. The number of carbonyl (C=O) groups excluding carboxylic acids is 2. The summed E-state index contributed by atoms with van der Waals surface area (Å²) in [6, 6.07) is 23.6. The molecule has 0 saturated carbocycles. The molecular weight excluding hydrogens is 360 g/mol. The normalized spacial score (nSPS) is 16.1. The topological polar surface area (TPSA) is 63.4 Å². The number of aryl methyl sites for hydroxylation is 1. The lowest BCUT2D eigenvalue weighted by Crippen LogP contribution is -2.43. The van der Waals surface area contributed by atoms with Crippen LogP contribution >= 0.6 is 0 Å². The molecule has 2 amide bonds. The van der Waals surface area contributed by atoms with Gasteiger partial charge in [0.2, 0.25) is 5.91 Å². The molecule has 0 aliphatic heterocycles. The monoisotopic (exact) mass is 384 g/mol. The van der Waals surface area contributed by atoms with Gasteiger partial charge in [0.1, 0.15) is 6.04 Å². The van der Waals surface area contributed by atoms with Crippen LogP contribution in [0.3, 0.4) is 0 Å². The minimum Gasteiger partial charge on any atom is -0.368 e. The van der Waals surface area contributed by atoms with E-state index in [9.17, 15) is 9.59 Å². The van der Waals surface area contributed by atoms with E-state index in [1.165, 1.54) is 11.1 Å². The van der Waals surface area contributed by atoms with E-state index in [-0.39, 0.29) is 11.9 Å². The first-order valence-electron chi connectivity index (χ1n) is 9.88. The number of hydrogen-bond acceptors (Lipinski definition) is 2. The number of benzene rings is 3. The summed E-state index contributed by atoms with van der Waals surface area (Å²) in [6.07, 6.45) is 1.65. The molecule has 1 aliphatic rings. The highest BCUT2D eigenvalue weighted by atomic mass is 16.2. The number of nitrogens with two attached hydrogens (primary N) is 1. The van der Waals surface area contributed by atoms with E-state index in [1.807, 2.05) is 54.6 Å². The van der Waals surface area contributed by atoms with Gasteiger partial charge in [-0.3, -0.25) is 9.59 Å². The Labute approximate surface area is 171 Å². The molecule has 3 aromatic carbocycles. The fourth-order valence-corrected chi connectivity index (χ4v) is 4.37. The van der Waals surface area contributed by atoms with Crippen LogP contribution < -0.4 is 5.73 Å². The Morgan fingerprint density at radius 1 is 0.931 bits per heavy atom. The van der Waals surface area contributed by atoms with Crippen molar-refractivity contribution in [1.29, 1.82) is 0 Å². The molecule has 0 heterocycles. The van der Waals surface area contributed by atoms with Gasteiger partial charge in [0.05, 0.1) is 6.04 Å². The maximum Gasteiger partial charge on any atom is 0.255 e. The number of primary amides is 1. The second-order valence-electron chi connectivity index (χ2n) is 7.49. The summed E-state index contributed by atoms with van der Waals surface area (Å²) in [4.78, 5) is 28.0. The molecule has 4 heteroatoms. The zero-order valence-corrected chi connectivity index (χ0v) is 16.4. The SMILES string of the molecule is Cc1cccc2c1CC[C@H]2N(C(=O)c1ccccc1)C(C(N)=O)c1ccccc1. The van der Waals surface area contributed by atoms with Gasteiger partial charge in [0.15, 0.2) is 0 Å². The molecule has 0 saturated heterocycles. The Morgan fingerprint density at radius 2 is 1.59 bits per heavy atom. The van der Waals surface area contributed by atoms with E-state index in [0.29, 0.717) is 5.56 Å². The Hall–Kier alpha value is -3.40. The zero-order chi connectivity index (χ0) is 20.4. The van der Waals surface area contributed by atoms with Crippen molar-refractivity contribution in [3.05, 3.63) is 107 Å². The van der Waals surface area contributed by atoms with Crippen LogP contribution in [0.4, 0.5) is 0 Å². The number of amides is 2. The van der Waals surface area contributed by atoms with Crippen LogP contribution in [0.15, 0.2) is 78.9 Å². The predicted octanol–water partition coefficient (Wildman–Crippen LogP) is 4.35. The van der Waals surface area contributed by atoms with E-state index in [1.54, 1.807) is 17.0 Å². The van der Waals surface area contributed by atoms with E-state index >= 15 is 0 Å². The summed E-state index contributed by atoms with van der Waals surface area (Å²) < 4.78 is 0. The van der Waals surface area contributed by atoms with Crippen LogP contribution in [0.1, 0.15) is 51.1 Å². The standard InChI is InChI=1S/C25H24N2O2/c1-17-9-8-14-21-20(17)15-16-22(21)27(25(29)19-12-6-3-7-13-19)23(24(26)28)18-10-4-2-5-11-18/h2-14,22-23H,15-16H2,1H3,(H2,26,28)/t22-,23?/m1/s1. The molecule has 2 N–H and O–H groups in total. The number of carbonyl (C=O) groups is 2. The number of nitrogens with zero attached hydrogens (tertiary/aromatic N) is 1. The van der Waals surface area contributed by atoms with E-state index in [0.717, 1.165) is 24.0 Å². The second-order valence-corrected chi connectivity index (χ2v) is 7.49. The third kappa shape index (κ3) is 3.54. The van der Waals surface area contributed by atoms with Crippen LogP contribution in [-0.4, -0.2) is 16.7 Å². The minimum absolute atomic E-state index is 0.183. The lowest BCUT2D eigenvalue weighted by molar-refractivity contribution is -0.123. The molecule has 29 heavy (non-hydrogen) atoms. The molecule has 4 rings (SSSR count). The van der Waals surface area contributed by atoms with Crippen LogP contribution in [0.25, 0.3) is 0 Å². The molecule has 1 aliphatic carbocycles. The Bertz CT molecular complexity index is 1030. The molecule has 3 aromatic rings. The predicted molar refractivity (Wildman–Crippen MR) is 113 cm³/mol. The molecular formula is C25H24N2O2. The summed E-state index contributed by atoms with van der Waals surface area (Å²) in [7, 11) is 0. The van der Waals surface area contributed by atoms with Crippen LogP contribution in [0.5, 0.6) is 0 Å². The molecule has 0 bridgehead atoms. The number of rotatable bonds is 5. The summed E-state index contributed by atoms with van der Waals surface area (Å²) in [5.74, 6) is -0.709. The van der Waals surface area contributed by atoms with Crippen molar-refractivity contribution in [2.45, 2.75) is 31.8 Å². The van der Waals surface area contributed by atoms with Gasteiger partial charge in [-0.2, -0.15) is 0 Å². The molecule has 0 fully saturated rings. The van der Waals surface area contributed by atoms with Crippen molar-refractivity contribution in [2.24, 2.45) is 5.73 Å². The second kappa shape index (κ2) is 7.92. The van der Waals surface area contributed by atoms with E-state index in [4.69, 9.17) is 5.73 Å². The van der Waals surface area contributed by atoms with Crippen molar-refractivity contribution in [1.82, 2.24) is 4.90 Å². The highest BCUT2D eigenvalue weighted by Gasteiger charge is 2.39. The number of fused-ring (bicyclic) bond motifs is 1.